The Morgan fingerprint density at radius 3 is 2.30 bits per heavy atom. The zero-order valence-electron chi connectivity index (χ0n) is 20.0. The monoisotopic (exact) mass is 532 g/mol. The number of esters is 1. The number of hydrogen-bond acceptors (Lipinski definition) is 6. The molecule has 0 saturated carbocycles. The van der Waals surface area contributed by atoms with Gasteiger partial charge in [-0.3, -0.25) is 4.79 Å². The van der Waals surface area contributed by atoms with Crippen molar-refractivity contribution in [3.05, 3.63) is 106 Å². The van der Waals surface area contributed by atoms with Crippen molar-refractivity contribution in [1.82, 2.24) is 4.31 Å². The first kappa shape index (κ1) is 24.9. The Labute approximate surface area is 219 Å². The van der Waals surface area contributed by atoms with Gasteiger partial charge >= 0.3 is 5.97 Å². The summed E-state index contributed by atoms with van der Waals surface area (Å²) >= 11 is 1.23. The van der Waals surface area contributed by atoms with E-state index in [1.807, 2.05) is 54.6 Å². The van der Waals surface area contributed by atoms with Gasteiger partial charge in [0.05, 0.1) is 17.7 Å². The van der Waals surface area contributed by atoms with Crippen LogP contribution in [-0.2, 0) is 27.7 Å². The molecule has 1 aromatic heterocycles. The molecule has 0 saturated heterocycles. The van der Waals surface area contributed by atoms with Crippen molar-refractivity contribution in [3.8, 4) is 10.4 Å². The van der Waals surface area contributed by atoms with E-state index in [1.54, 1.807) is 6.07 Å². The minimum atomic E-state index is -3.71. The number of hydrogen-bond donors (Lipinski definition) is 1. The molecule has 0 spiro atoms. The average Bonchev–Trinajstić information content (AvgIpc) is 3.36. The van der Waals surface area contributed by atoms with Crippen molar-refractivity contribution < 1.29 is 22.7 Å². The fourth-order valence-corrected chi connectivity index (χ4v) is 6.73. The van der Waals surface area contributed by atoms with Crippen LogP contribution in [0.3, 0.4) is 0 Å². The van der Waals surface area contributed by atoms with Crippen LogP contribution in [0.1, 0.15) is 31.2 Å². The van der Waals surface area contributed by atoms with Crippen LogP contribution in [0.2, 0.25) is 0 Å². The predicted molar refractivity (Wildman–Crippen MR) is 143 cm³/mol. The molecular weight excluding hydrogens is 508 g/mol. The third kappa shape index (κ3) is 5.06. The van der Waals surface area contributed by atoms with E-state index in [0.29, 0.717) is 25.2 Å². The Balaban J connectivity index is 1.35. The number of thiophene rings is 1. The number of amides is 1. The Morgan fingerprint density at radius 2 is 1.59 bits per heavy atom. The van der Waals surface area contributed by atoms with E-state index in [-0.39, 0.29) is 15.3 Å². The fourth-order valence-electron chi connectivity index (χ4n) is 4.27. The number of methoxy groups -OCH3 is 1. The summed E-state index contributed by atoms with van der Waals surface area (Å²) in [4.78, 5) is 26.6. The van der Waals surface area contributed by atoms with E-state index in [4.69, 9.17) is 4.74 Å². The first-order valence-corrected chi connectivity index (χ1v) is 13.9. The van der Waals surface area contributed by atoms with E-state index in [0.717, 1.165) is 21.6 Å². The van der Waals surface area contributed by atoms with Gasteiger partial charge in [0.25, 0.3) is 5.91 Å². The molecule has 1 aliphatic rings. The zero-order chi connectivity index (χ0) is 26.0. The van der Waals surface area contributed by atoms with E-state index in [9.17, 15) is 18.0 Å². The van der Waals surface area contributed by atoms with Crippen LogP contribution in [0.15, 0.2) is 89.8 Å². The maximum absolute atomic E-state index is 13.2. The number of anilines is 1. The number of rotatable bonds is 6. The normalized spacial score (nSPS) is 13.5. The largest absolute Gasteiger partial charge is 0.465 e. The summed E-state index contributed by atoms with van der Waals surface area (Å²) in [5.74, 6) is -1.01. The van der Waals surface area contributed by atoms with Crippen LogP contribution in [-0.4, -0.2) is 38.3 Å². The van der Waals surface area contributed by atoms with Crippen LogP contribution in [0, 0.1) is 0 Å². The highest BCUT2D eigenvalue weighted by atomic mass is 32.2. The molecule has 2 heterocycles. The number of carbonyl (C=O) groups is 2. The van der Waals surface area contributed by atoms with E-state index < -0.39 is 21.9 Å². The van der Waals surface area contributed by atoms with E-state index >= 15 is 0 Å². The molecule has 1 N–H and O–H groups in total. The Hall–Kier alpha value is -3.79. The van der Waals surface area contributed by atoms with Gasteiger partial charge in [0.1, 0.15) is 4.88 Å². The molecule has 3 aromatic carbocycles. The molecule has 37 heavy (non-hydrogen) atoms. The van der Waals surface area contributed by atoms with Gasteiger partial charge in [-0.1, -0.05) is 54.6 Å². The summed E-state index contributed by atoms with van der Waals surface area (Å²) < 4.78 is 32.8. The molecule has 9 heteroatoms. The van der Waals surface area contributed by atoms with Gasteiger partial charge in [0.2, 0.25) is 10.0 Å². The number of fused-ring (bicyclic) bond motifs is 1. The molecule has 5 rings (SSSR count). The third-order valence-corrected chi connectivity index (χ3v) is 9.28. The van der Waals surface area contributed by atoms with Crippen LogP contribution in [0.5, 0.6) is 0 Å². The number of benzene rings is 3. The second-order valence-corrected chi connectivity index (χ2v) is 11.5. The predicted octanol–water partition coefficient (Wildman–Crippen LogP) is 5.20. The van der Waals surface area contributed by atoms with Gasteiger partial charge < -0.3 is 10.1 Å². The molecule has 0 atom stereocenters. The molecular formula is C28H24N2O5S2. The Bertz CT molecular complexity index is 1560. The van der Waals surface area contributed by atoms with Gasteiger partial charge in [0, 0.05) is 23.5 Å². The lowest BCUT2D eigenvalue weighted by Gasteiger charge is -2.28. The average molecular weight is 533 g/mol. The molecule has 0 radical (unpaired) electrons. The highest BCUT2D eigenvalue weighted by molar-refractivity contribution is 7.89. The van der Waals surface area contributed by atoms with Crippen molar-refractivity contribution in [2.75, 3.05) is 19.0 Å². The summed E-state index contributed by atoms with van der Waals surface area (Å²) in [5.41, 5.74) is 3.68. The summed E-state index contributed by atoms with van der Waals surface area (Å²) in [6.45, 7) is 0.721. The van der Waals surface area contributed by atoms with Crippen molar-refractivity contribution in [2.24, 2.45) is 0 Å². The summed E-state index contributed by atoms with van der Waals surface area (Å²) in [6.07, 6.45) is 0.657. The number of sulfonamides is 1. The summed E-state index contributed by atoms with van der Waals surface area (Å²) in [7, 11) is -2.42. The summed E-state index contributed by atoms with van der Waals surface area (Å²) in [6, 6.07) is 24.9. The first-order valence-electron chi connectivity index (χ1n) is 11.6. The van der Waals surface area contributed by atoms with Crippen molar-refractivity contribution in [3.63, 3.8) is 0 Å². The lowest BCUT2D eigenvalue weighted by Crippen LogP contribution is -2.35. The Morgan fingerprint density at radius 1 is 0.919 bits per heavy atom. The SMILES string of the molecule is COC(=O)c1sc(-c2ccccc2)cc1NC(=O)c1ccc(S(=O)(=O)N2CCc3ccccc3C2)cc1. The van der Waals surface area contributed by atoms with Crippen LogP contribution in [0.4, 0.5) is 5.69 Å². The highest BCUT2D eigenvalue weighted by Crippen LogP contribution is 2.35. The van der Waals surface area contributed by atoms with Crippen molar-refractivity contribution in [1.29, 1.82) is 0 Å². The number of nitrogens with zero attached hydrogens (tertiary/aromatic N) is 1. The zero-order valence-corrected chi connectivity index (χ0v) is 21.6. The second kappa shape index (κ2) is 10.3. The molecule has 0 bridgehead atoms. The topological polar surface area (TPSA) is 92.8 Å². The van der Waals surface area contributed by atoms with Gasteiger partial charge in [0.15, 0.2) is 0 Å². The third-order valence-electron chi connectivity index (χ3n) is 6.26. The minimum absolute atomic E-state index is 0.126. The quantitative estimate of drug-likeness (QED) is 0.345. The maximum atomic E-state index is 13.2. The molecule has 188 valence electrons. The Kier molecular flexibility index (Phi) is 6.92. The standard InChI is InChI=1S/C28H24N2O5S2/c1-35-28(32)26-24(17-25(36-26)20-8-3-2-4-9-20)29-27(31)21-11-13-23(14-12-21)37(33,34)30-16-15-19-7-5-6-10-22(19)18-30/h2-14,17H,15-16,18H2,1H3,(H,29,31). The molecule has 1 amide bonds. The van der Waals surface area contributed by atoms with Gasteiger partial charge in [-0.2, -0.15) is 4.31 Å². The lowest BCUT2D eigenvalue weighted by molar-refractivity contribution is 0.0607. The smallest absolute Gasteiger partial charge is 0.350 e. The maximum Gasteiger partial charge on any atom is 0.350 e. The molecule has 0 unspecified atom stereocenters. The van der Waals surface area contributed by atoms with Gasteiger partial charge in [-0.25, -0.2) is 13.2 Å². The number of ether oxygens (including phenoxy) is 1. The summed E-state index contributed by atoms with van der Waals surface area (Å²) in [5, 5.41) is 2.78. The first-order chi connectivity index (χ1) is 17.9. The molecule has 7 nitrogen and oxygen atoms in total. The van der Waals surface area contributed by atoms with Crippen LogP contribution >= 0.6 is 11.3 Å². The molecule has 0 fully saturated rings. The van der Waals surface area contributed by atoms with Gasteiger partial charge in [-0.15, -0.1) is 11.3 Å². The van der Waals surface area contributed by atoms with E-state index in [2.05, 4.69) is 5.32 Å². The molecule has 0 aliphatic carbocycles. The second-order valence-electron chi connectivity index (χ2n) is 8.55. The minimum Gasteiger partial charge on any atom is -0.465 e. The number of carbonyl (C=O) groups excluding carboxylic acids is 2. The van der Waals surface area contributed by atoms with Crippen LogP contribution in [0.25, 0.3) is 10.4 Å². The van der Waals surface area contributed by atoms with E-state index in [1.165, 1.54) is 47.0 Å². The van der Waals surface area contributed by atoms with Gasteiger partial charge in [-0.05, 0) is 53.4 Å². The van der Waals surface area contributed by atoms with Crippen molar-refractivity contribution in [2.45, 2.75) is 17.9 Å². The van der Waals surface area contributed by atoms with Crippen LogP contribution < -0.4 is 5.32 Å². The number of nitrogens with one attached hydrogen (secondary N) is 1. The highest BCUT2D eigenvalue weighted by Gasteiger charge is 2.28. The fraction of sp³-hybridized carbons (Fsp3) is 0.143. The molecule has 4 aromatic rings. The lowest BCUT2D eigenvalue weighted by atomic mass is 10.0. The van der Waals surface area contributed by atoms with Crippen molar-refractivity contribution >= 4 is 38.9 Å². The molecule has 1 aliphatic heterocycles.